The van der Waals surface area contributed by atoms with E-state index >= 15 is 0 Å². The smallest absolute Gasteiger partial charge is 0.329 e. The summed E-state index contributed by atoms with van der Waals surface area (Å²) in [5.41, 5.74) is 5.18. The SMILES string of the molecule is CCCCC(NC(C)=O)C(=O)OC1(C(N)=O)CCC(Cc2ccccc2Cl)(N(C)C)CC1. The number of likely N-dealkylation sites (N-methyl/N-ethyl adjacent to an activating group) is 1. The summed E-state index contributed by atoms with van der Waals surface area (Å²) < 4.78 is 5.77. The number of unbranched alkanes of at least 4 members (excludes halogenated alkanes) is 1. The highest BCUT2D eigenvalue weighted by Crippen LogP contribution is 2.42. The van der Waals surface area contributed by atoms with E-state index in [9.17, 15) is 14.4 Å². The average Bonchev–Trinajstić information content (AvgIpc) is 2.73. The Morgan fingerprint density at radius 1 is 1.19 bits per heavy atom. The zero-order chi connectivity index (χ0) is 23.9. The van der Waals surface area contributed by atoms with Crippen LogP contribution in [0.3, 0.4) is 0 Å². The van der Waals surface area contributed by atoms with E-state index in [0.29, 0.717) is 43.5 Å². The number of amides is 2. The number of hydrogen-bond acceptors (Lipinski definition) is 5. The van der Waals surface area contributed by atoms with Crippen molar-refractivity contribution in [3.8, 4) is 0 Å². The Kier molecular flexibility index (Phi) is 9.10. The van der Waals surface area contributed by atoms with Crippen molar-refractivity contribution in [2.45, 2.75) is 82.4 Å². The quantitative estimate of drug-likeness (QED) is 0.516. The lowest BCUT2D eigenvalue weighted by molar-refractivity contribution is -0.176. The summed E-state index contributed by atoms with van der Waals surface area (Å²) in [7, 11) is 4.02. The molecule has 1 unspecified atom stereocenters. The van der Waals surface area contributed by atoms with E-state index in [4.69, 9.17) is 22.1 Å². The molecule has 1 aromatic carbocycles. The Morgan fingerprint density at radius 3 is 2.31 bits per heavy atom. The van der Waals surface area contributed by atoms with Crippen LogP contribution in [-0.2, 0) is 25.5 Å². The number of nitrogens with zero attached hydrogens (tertiary/aromatic N) is 1. The van der Waals surface area contributed by atoms with Gasteiger partial charge in [0.2, 0.25) is 5.91 Å². The zero-order valence-corrected chi connectivity index (χ0v) is 20.3. The largest absolute Gasteiger partial charge is 0.447 e. The van der Waals surface area contributed by atoms with Gasteiger partial charge in [0.1, 0.15) is 6.04 Å². The van der Waals surface area contributed by atoms with Gasteiger partial charge in [-0.05, 0) is 64.3 Å². The van der Waals surface area contributed by atoms with Crippen molar-refractivity contribution >= 4 is 29.4 Å². The molecule has 0 bridgehead atoms. The Labute approximate surface area is 196 Å². The fraction of sp³-hybridized carbons (Fsp3) is 0.625. The summed E-state index contributed by atoms with van der Waals surface area (Å²) in [6.45, 7) is 3.36. The third-order valence-electron chi connectivity index (χ3n) is 6.67. The van der Waals surface area contributed by atoms with Crippen molar-refractivity contribution in [3.05, 3.63) is 34.9 Å². The predicted molar refractivity (Wildman–Crippen MR) is 125 cm³/mol. The molecular weight excluding hydrogens is 430 g/mol. The maximum Gasteiger partial charge on any atom is 0.329 e. The van der Waals surface area contributed by atoms with E-state index in [1.54, 1.807) is 0 Å². The lowest BCUT2D eigenvalue weighted by atomic mass is 9.70. The van der Waals surface area contributed by atoms with Crippen LogP contribution in [0.15, 0.2) is 24.3 Å². The Hall–Kier alpha value is -2.12. The highest BCUT2D eigenvalue weighted by Gasteiger charge is 2.50. The Bertz CT molecular complexity index is 819. The minimum absolute atomic E-state index is 0.240. The second-order valence-electron chi connectivity index (χ2n) is 9.06. The molecule has 1 fully saturated rings. The van der Waals surface area contributed by atoms with E-state index in [0.717, 1.165) is 18.4 Å². The van der Waals surface area contributed by atoms with Gasteiger partial charge < -0.3 is 20.7 Å². The fourth-order valence-electron chi connectivity index (χ4n) is 4.46. The van der Waals surface area contributed by atoms with E-state index in [1.165, 1.54) is 6.92 Å². The molecule has 0 aliphatic heterocycles. The first kappa shape index (κ1) is 26.1. The van der Waals surface area contributed by atoms with Gasteiger partial charge in [-0.2, -0.15) is 0 Å². The summed E-state index contributed by atoms with van der Waals surface area (Å²) in [6.07, 6.45) is 4.66. The monoisotopic (exact) mass is 465 g/mol. The number of nitrogens with one attached hydrogen (secondary N) is 1. The summed E-state index contributed by atoms with van der Waals surface area (Å²) in [6, 6.07) is 6.96. The van der Waals surface area contributed by atoms with Crippen molar-refractivity contribution < 1.29 is 19.1 Å². The van der Waals surface area contributed by atoms with Crippen LogP contribution in [0.2, 0.25) is 5.02 Å². The maximum atomic E-state index is 12.9. The van der Waals surface area contributed by atoms with Crippen molar-refractivity contribution in [2.75, 3.05) is 14.1 Å². The van der Waals surface area contributed by atoms with Crippen LogP contribution < -0.4 is 11.1 Å². The highest BCUT2D eigenvalue weighted by atomic mass is 35.5. The zero-order valence-electron chi connectivity index (χ0n) is 19.6. The molecule has 1 aliphatic carbocycles. The average molecular weight is 466 g/mol. The van der Waals surface area contributed by atoms with Gasteiger partial charge in [0.15, 0.2) is 5.60 Å². The van der Waals surface area contributed by atoms with Gasteiger partial charge in [-0.1, -0.05) is 49.6 Å². The predicted octanol–water partition coefficient (Wildman–Crippen LogP) is 3.22. The minimum Gasteiger partial charge on any atom is -0.447 e. The topological polar surface area (TPSA) is 102 Å². The molecule has 0 radical (unpaired) electrons. The first-order chi connectivity index (χ1) is 15.0. The van der Waals surface area contributed by atoms with E-state index in [1.807, 2.05) is 45.3 Å². The summed E-state index contributed by atoms with van der Waals surface area (Å²) in [4.78, 5) is 39.1. The fourth-order valence-corrected chi connectivity index (χ4v) is 4.67. The van der Waals surface area contributed by atoms with Crippen molar-refractivity contribution in [1.29, 1.82) is 0 Å². The highest BCUT2D eigenvalue weighted by molar-refractivity contribution is 6.31. The lowest BCUT2D eigenvalue weighted by Crippen LogP contribution is -2.59. The van der Waals surface area contributed by atoms with Crippen molar-refractivity contribution in [3.63, 3.8) is 0 Å². The second kappa shape index (κ2) is 11.1. The van der Waals surface area contributed by atoms with Crippen LogP contribution in [-0.4, -0.2) is 54.0 Å². The number of esters is 1. The standard InChI is InChI=1S/C24H36ClN3O4/c1-5-6-11-20(27-17(2)29)21(30)32-24(22(26)31)14-12-23(13-15-24,28(3)4)16-18-9-7-8-10-19(18)25/h7-10,20H,5-6,11-16H2,1-4H3,(H2,26,31)(H,27,29). The molecule has 1 aromatic rings. The Morgan fingerprint density at radius 2 is 1.81 bits per heavy atom. The third-order valence-corrected chi connectivity index (χ3v) is 7.04. The van der Waals surface area contributed by atoms with E-state index in [-0.39, 0.29) is 11.4 Å². The third kappa shape index (κ3) is 6.23. The second-order valence-corrected chi connectivity index (χ2v) is 9.47. The molecule has 0 saturated heterocycles. The van der Waals surface area contributed by atoms with Crippen LogP contribution >= 0.6 is 11.6 Å². The molecule has 0 spiro atoms. The number of rotatable bonds is 10. The van der Waals surface area contributed by atoms with Gasteiger partial charge in [0, 0.05) is 17.5 Å². The van der Waals surface area contributed by atoms with Crippen LogP contribution in [0, 0.1) is 0 Å². The van der Waals surface area contributed by atoms with E-state index in [2.05, 4.69) is 10.2 Å². The molecular formula is C24H36ClN3O4. The Balaban J connectivity index is 2.20. The number of benzene rings is 1. The molecule has 7 nitrogen and oxygen atoms in total. The number of ether oxygens (including phenoxy) is 1. The summed E-state index contributed by atoms with van der Waals surface area (Å²) >= 11 is 6.41. The van der Waals surface area contributed by atoms with E-state index < -0.39 is 23.5 Å². The lowest BCUT2D eigenvalue weighted by Gasteiger charge is -2.48. The van der Waals surface area contributed by atoms with Gasteiger partial charge in [-0.25, -0.2) is 4.79 Å². The first-order valence-corrected chi connectivity index (χ1v) is 11.6. The molecule has 2 rings (SSSR count). The molecule has 0 aromatic heterocycles. The van der Waals surface area contributed by atoms with Crippen LogP contribution in [0.4, 0.5) is 0 Å². The van der Waals surface area contributed by atoms with Crippen LogP contribution in [0.1, 0.15) is 64.4 Å². The van der Waals surface area contributed by atoms with Crippen molar-refractivity contribution in [2.24, 2.45) is 5.73 Å². The summed E-state index contributed by atoms with van der Waals surface area (Å²) in [5, 5.41) is 3.35. The number of carbonyl (C=O) groups is 3. The number of primary amides is 1. The summed E-state index contributed by atoms with van der Waals surface area (Å²) in [5.74, 6) is -1.56. The molecule has 3 N–H and O–H groups in total. The van der Waals surface area contributed by atoms with Gasteiger partial charge in [-0.15, -0.1) is 0 Å². The number of carbonyl (C=O) groups excluding carboxylic acids is 3. The molecule has 8 heteroatoms. The molecule has 32 heavy (non-hydrogen) atoms. The van der Waals surface area contributed by atoms with Crippen LogP contribution in [0.5, 0.6) is 0 Å². The molecule has 1 aliphatic rings. The molecule has 178 valence electrons. The van der Waals surface area contributed by atoms with Crippen LogP contribution in [0.25, 0.3) is 0 Å². The molecule has 1 saturated carbocycles. The number of halogens is 1. The van der Waals surface area contributed by atoms with Crippen molar-refractivity contribution in [1.82, 2.24) is 10.2 Å². The maximum absolute atomic E-state index is 12.9. The van der Waals surface area contributed by atoms with Gasteiger partial charge in [0.25, 0.3) is 5.91 Å². The molecule has 1 atom stereocenters. The molecule has 2 amide bonds. The minimum atomic E-state index is -1.37. The van der Waals surface area contributed by atoms with Gasteiger partial charge in [0.05, 0.1) is 0 Å². The molecule has 0 heterocycles. The van der Waals surface area contributed by atoms with Gasteiger partial charge in [-0.3, -0.25) is 9.59 Å². The normalized spacial score (nSPS) is 24.1. The number of nitrogens with two attached hydrogens (primary N) is 1. The van der Waals surface area contributed by atoms with Gasteiger partial charge >= 0.3 is 5.97 Å². The number of hydrogen-bond donors (Lipinski definition) is 2. The first-order valence-electron chi connectivity index (χ1n) is 11.3.